The first-order valence-electron chi connectivity index (χ1n) is 9.67. The third-order valence-corrected chi connectivity index (χ3v) is 8.22. The fourth-order valence-electron chi connectivity index (χ4n) is 3.97. The van der Waals surface area contributed by atoms with Gasteiger partial charge in [-0.1, -0.05) is 29.3 Å². The van der Waals surface area contributed by atoms with Crippen LogP contribution in [0.4, 0.5) is 0 Å². The van der Waals surface area contributed by atoms with E-state index < -0.39 is 10.0 Å². The Morgan fingerprint density at radius 1 is 1.03 bits per heavy atom. The summed E-state index contributed by atoms with van der Waals surface area (Å²) in [5, 5.41) is 0.682. The monoisotopic (exact) mass is 461 g/mol. The predicted molar refractivity (Wildman–Crippen MR) is 112 cm³/mol. The predicted octanol–water partition coefficient (Wildman–Crippen LogP) is 2.26. The molecule has 0 saturated carbocycles. The summed E-state index contributed by atoms with van der Waals surface area (Å²) in [5.74, 6) is -1.10. The topological polar surface area (TPSA) is 101 Å². The van der Waals surface area contributed by atoms with Crippen LogP contribution in [-0.4, -0.2) is 55.6 Å². The Hall–Kier alpha value is -1.35. The number of nitrogens with zero attached hydrogens (tertiary/aromatic N) is 2. The van der Waals surface area contributed by atoms with Crippen LogP contribution in [0.2, 0.25) is 10.0 Å². The molecule has 2 aliphatic heterocycles. The molecule has 0 bridgehead atoms. The zero-order chi connectivity index (χ0) is 21.2. The second-order valence-corrected chi connectivity index (χ2v) is 10.5. The zero-order valence-corrected chi connectivity index (χ0v) is 18.3. The number of piperidine rings is 2. The maximum absolute atomic E-state index is 12.9. The standard InChI is InChI=1S/C19H25Cl2N3O4S/c20-16-4-3-13(10-17(16)21)12-29(27,28)24-7-1-2-15(11-24)19(26)23-8-5-14(6-9-23)18(22)25/h3-4,10,14-15H,1-2,5-9,11-12H2,(H2,22,25)/t15-/m0/s1. The second-order valence-electron chi connectivity index (χ2n) is 7.70. The minimum absolute atomic E-state index is 0.0395. The van der Waals surface area contributed by atoms with Gasteiger partial charge in [-0.15, -0.1) is 0 Å². The molecule has 2 heterocycles. The lowest BCUT2D eigenvalue weighted by molar-refractivity contribution is -0.139. The molecule has 2 aliphatic rings. The Kier molecular flexibility index (Phi) is 7.09. The fourth-order valence-corrected chi connectivity index (χ4v) is 5.89. The van der Waals surface area contributed by atoms with E-state index in [1.807, 2.05) is 0 Å². The van der Waals surface area contributed by atoms with Gasteiger partial charge in [-0.25, -0.2) is 12.7 Å². The number of hydrogen-bond acceptors (Lipinski definition) is 4. The van der Waals surface area contributed by atoms with Crippen LogP contribution in [0.15, 0.2) is 18.2 Å². The Balaban J connectivity index is 1.62. The van der Waals surface area contributed by atoms with Crippen LogP contribution in [-0.2, 0) is 25.4 Å². The molecule has 0 unspecified atom stereocenters. The number of benzene rings is 1. The highest BCUT2D eigenvalue weighted by atomic mass is 35.5. The molecule has 2 saturated heterocycles. The van der Waals surface area contributed by atoms with Crippen molar-refractivity contribution in [3.8, 4) is 0 Å². The van der Waals surface area contributed by atoms with E-state index in [1.54, 1.807) is 23.1 Å². The van der Waals surface area contributed by atoms with Gasteiger partial charge in [0.2, 0.25) is 21.8 Å². The lowest BCUT2D eigenvalue weighted by atomic mass is 9.93. The highest BCUT2D eigenvalue weighted by Gasteiger charge is 2.36. The molecule has 29 heavy (non-hydrogen) atoms. The third-order valence-electron chi connectivity index (χ3n) is 5.67. The lowest BCUT2D eigenvalue weighted by Crippen LogP contribution is -2.49. The molecule has 10 heteroatoms. The number of primary amides is 1. The maximum Gasteiger partial charge on any atom is 0.227 e. The van der Waals surface area contributed by atoms with Crippen molar-refractivity contribution in [3.63, 3.8) is 0 Å². The second kappa shape index (κ2) is 9.20. The van der Waals surface area contributed by atoms with E-state index in [9.17, 15) is 18.0 Å². The number of carbonyl (C=O) groups excluding carboxylic acids is 2. The number of rotatable bonds is 5. The van der Waals surface area contributed by atoms with Gasteiger partial charge in [0.25, 0.3) is 0 Å². The molecular formula is C19H25Cl2N3O4S. The van der Waals surface area contributed by atoms with E-state index >= 15 is 0 Å². The van der Waals surface area contributed by atoms with Crippen LogP contribution in [0, 0.1) is 11.8 Å². The minimum atomic E-state index is -3.58. The van der Waals surface area contributed by atoms with Crippen LogP contribution >= 0.6 is 23.2 Å². The molecule has 2 fully saturated rings. The minimum Gasteiger partial charge on any atom is -0.369 e. The van der Waals surface area contributed by atoms with Crippen molar-refractivity contribution in [1.82, 2.24) is 9.21 Å². The molecule has 3 rings (SSSR count). The molecule has 2 amide bonds. The Labute approximate surface area is 181 Å². The van der Waals surface area contributed by atoms with Gasteiger partial charge in [0.15, 0.2) is 0 Å². The van der Waals surface area contributed by atoms with Crippen LogP contribution in [0.1, 0.15) is 31.2 Å². The van der Waals surface area contributed by atoms with Gasteiger partial charge < -0.3 is 10.6 Å². The first-order chi connectivity index (χ1) is 13.7. The molecule has 160 valence electrons. The summed E-state index contributed by atoms with van der Waals surface area (Å²) < 4.78 is 27.2. The van der Waals surface area contributed by atoms with Crippen molar-refractivity contribution in [2.45, 2.75) is 31.4 Å². The largest absolute Gasteiger partial charge is 0.369 e. The van der Waals surface area contributed by atoms with E-state index in [0.717, 1.165) is 0 Å². The van der Waals surface area contributed by atoms with Crippen LogP contribution in [0.25, 0.3) is 0 Å². The smallest absolute Gasteiger partial charge is 0.227 e. The average Bonchev–Trinajstić information content (AvgIpc) is 2.70. The summed E-state index contributed by atoms with van der Waals surface area (Å²) in [6.07, 6.45) is 2.42. The first-order valence-corrected chi connectivity index (χ1v) is 12.0. The normalized spacial score (nSPS) is 21.9. The van der Waals surface area contributed by atoms with Gasteiger partial charge in [-0.2, -0.15) is 0 Å². The molecule has 1 aromatic carbocycles. The van der Waals surface area contributed by atoms with Gasteiger partial charge in [-0.05, 0) is 43.4 Å². The number of amides is 2. The van der Waals surface area contributed by atoms with Crippen molar-refractivity contribution in [1.29, 1.82) is 0 Å². The van der Waals surface area contributed by atoms with E-state index in [1.165, 1.54) is 4.31 Å². The quantitative estimate of drug-likeness (QED) is 0.726. The summed E-state index contributed by atoms with van der Waals surface area (Å²) in [4.78, 5) is 25.9. The average molecular weight is 462 g/mol. The van der Waals surface area contributed by atoms with Crippen molar-refractivity contribution in [2.24, 2.45) is 17.6 Å². The Morgan fingerprint density at radius 3 is 2.34 bits per heavy atom. The summed E-state index contributed by atoms with van der Waals surface area (Å²) in [6, 6.07) is 4.77. The van der Waals surface area contributed by atoms with Crippen LogP contribution in [0.3, 0.4) is 0 Å². The van der Waals surface area contributed by atoms with Gasteiger partial charge in [0.05, 0.1) is 21.7 Å². The SMILES string of the molecule is NC(=O)C1CCN(C(=O)[C@H]2CCCN(S(=O)(=O)Cc3ccc(Cl)c(Cl)c3)C2)CC1. The van der Waals surface area contributed by atoms with Crippen LogP contribution in [0.5, 0.6) is 0 Å². The van der Waals surface area contributed by atoms with Gasteiger partial charge >= 0.3 is 0 Å². The molecule has 0 aromatic heterocycles. The Bertz CT molecular complexity index is 885. The van der Waals surface area contributed by atoms with Gasteiger partial charge in [-0.3, -0.25) is 9.59 Å². The van der Waals surface area contributed by atoms with Crippen LogP contribution < -0.4 is 5.73 Å². The van der Waals surface area contributed by atoms with Crippen molar-refractivity contribution < 1.29 is 18.0 Å². The van der Waals surface area contributed by atoms with Crippen molar-refractivity contribution >= 4 is 45.0 Å². The maximum atomic E-state index is 12.9. The molecule has 0 spiro atoms. The number of nitrogens with two attached hydrogens (primary N) is 1. The van der Waals surface area contributed by atoms with E-state index in [4.69, 9.17) is 28.9 Å². The van der Waals surface area contributed by atoms with Gasteiger partial charge in [0.1, 0.15) is 0 Å². The first kappa shape index (κ1) is 22.3. The van der Waals surface area contributed by atoms with E-state index in [2.05, 4.69) is 0 Å². The molecular weight excluding hydrogens is 437 g/mol. The number of likely N-dealkylation sites (tertiary alicyclic amines) is 1. The zero-order valence-electron chi connectivity index (χ0n) is 16.0. The number of sulfonamides is 1. The molecule has 0 radical (unpaired) electrons. The van der Waals surface area contributed by atoms with E-state index in [-0.39, 0.29) is 35.9 Å². The van der Waals surface area contributed by atoms with Crippen molar-refractivity contribution in [2.75, 3.05) is 26.2 Å². The Morgan fingerprint density at radius 2 is 1.72 bits per heavy atom. The fraction of sp³-hybridized carbons (Fsp3) is 0.579. The number of carbonyl (C=O) groups is 2. The van der Waals surface area contributed by atoms with Crippen molar-refractivity contribution in [3.05, 3.63) is 33.8 Å². The highest BCUT2D eigenvalue weighted by molar-refractivity contribution is 7.88. The molecule has 2 N–H and O–H groups in total. The van der Waals surface area contributed by atoms with Gasteiger partial charge in [0, 0.05) is 32.1 Å². The molecule has 0 aliphatic carbocycles. The molecule has 1 aromatic rings. The third kappa shape index (κ3) is 5.42. The number of halogens is 2. The summed E-state index contributed by atoms with van der Waals surface area (Å²) >= 11 is 11.9. The number of hydrogen-bond donors (Lipinski definition) is 1. The summed E-state index contributed by atoms with van der Waals surface area (Å²) in [7, 11) is -3.58. The lowest BCUT2D eigenvalue weighted by Gasteiger charge is -2.37. The summed E-state index contributed by atoms with van der Waals surface area (Å²) in [5.41, 5.74) is 5.90. The highest BCUT2D eigenvalue weighted by Crippen LogP contribution is 2.27. The summed E-state index contributed by atoms with van der Waals surface area (Å²) in [6.45, 7) is 1.55. The molecule has 1 atom stereocenters. The van der Waals surface area contributed by atoms with E-state index in [0.29, 0.717) is 60.9 Å². The molecule has 7 nitrogen and oxygen atoms in total.